The molecule has 4 nitrogen and oxygen atoms in total. The van der Waals surface area contributed by atoms with Crippen LogP contribution in [0.3, 0.4) is 0 Å². The van der Waals surface area contributed by atoms with Gasteiger partial charge in [-0.1, -0.05) is 0 Å². The third-order valence-electron chi connectivity index (χ3n) is 2.06. The Kier molecular flexibility index (Phi) is 2.00. The number of H-pyrrole nitrogens is 1. The summed E-state index contributed by atoms with van der Waals surface area (Å²) >= 11 is 0. The largest absolute Gasteiger partial charge is 0.360 e. The highest BCUT2D eigenvalue weighted by Gasteiger charge is 2.05. The third kappa shape index (κ3) is 1.41. The van der Waals surface area contributed by atoms with Crippen molar-refractivity contribution < 1.29 is 0 Å². The number of fused-ring (bicyclic) bond motifs is 1. The van der Waals surface area contributed by atoms with Crippen LogP contribution in [0.2, 0.25) is 0 Å². The van der Waals surface area contributed by atoms with E-state index in [0.29, 0.717) is 6.54 Å². The first-order chi connectivity index (χ1) is 6.31. The minimum atomic E-state index is -0.167. The average Bonchev–Trinajstić information content (AvgIpc) is 2.63. The lowest BCUT2D eigenvalue weighted by Crippen LogP contribution is -2.21. The van der Waals surface area contributed by atoms with Crippen LogP contribution in [0.1, 0.15) is 11.7 Å². The van der Waals surface area contributed by atoms with E-state index in [1.165, 1.54) is 0 Å². The highest BCUT2D eigenvalue weighted by Crippen LogP contribution is 2.13. The fourth-order valence-electron chi connectivity index (χ4n) is 1.28. The number of nitrogens with zero attached hydrogens (tertiary/aromatic N) is 1. The van der Waals surface area contributed by atoms with E-state index in [9.17, 15) is 0 Å². The van der Waals surface area contributed by atoms with Gasteiger partial charge in [0, 0.05) is 12.7 Å². The summed E-state index contributed by atoms with van der Waals surface area (Å²) in [5, 5.41) is 0. The van der Waals surface area contributed by atoms with Crippen molar-refractivity contribution in [1.29, 1.82) is 0 Å². The summed E-state index contributed by atoms with van der Waals surface area (Å²) < 4.78 is 0. The molecule has 0 aliphatic carbocycles. The Labute approximate surface area is 76.0 Å². The number of nitrogens with two attached hydrogens (primary N) is 2. The van der Waals surface area contributed by atoms with E-state index in [1.54, 1.807) is 0 Å². The summed E-state index contributed by atoms with van der Waals surface area (Å²) in [7, 11) is 0. The molecule has 2 heterocycles. The lowest BCUT2D eigenvalue weighted by molar-refractivity contribution is 0.715. The Balaban J connectivity index is 2.48. The first-order valence-electron chi connectivity index (χ1n) is 4.21. The molecule has 0 spiro atoms. The van der Waals surface area contributed by atoms with E-state index in [0.717, 1.165) is 16.7 Å². The molecule has 0 bridgehead atoms. The van der Waals surface area contributed by atoms with Crippen LogP contribution in [0.15, 0.2) is 24.4 Å². The summed E-state index contributed by atoms with van der Waals surface area (Å²) in [4.78, 5) is 7.44. The lowest BCUT2D eigenvalue weighted by Gasteiger charge is -2.06. The highest BCUT2D eigenvalue weighted by atomic mass is 14.8. The maximum Gasteiger partial charge on any atom is 0.0882 e. The van der Waals surface area contributed by atoms with Crippen molar-refractivity contribution in [1.82, 2.24) is 9.97 Å². The molecule has 0 amide bonds. The second-order valence-electron chi connectivity index (χ2n) is 2.99. The Hall–Kier alpha value is -1.39. The van der Waals surface area contributed by atoms with Gasteiger partial charge < -0.3 is 16.5 Å². The highest BCUT2D eigenvalue weighted by molar-refractivity contribution is 5.74. The maximum atomic E-state index is 5.76. The van der Waals surface area contributed by atoms with Gasteiger partial charge >= 0.3 is 0 Å². The SMILES string of the molecule is NC[C@H](N)c1ccc2[nH]ccc2n1. The Morgan fingerprint density at radius 1 is 1.38 bits per heavy atom. The smallest absolute Gasteiger partial charge is 0.0882 e. The zero-order chi connectivity index (χ0) is 9.26. The van der Waals surface area contributed by atoms with Crippen molar-refractivity contribution in [2.24, 2.45) is 11.5 Å². The topological polar surface area (TPSA) is 80.7 Å². The molecule has 5 N–H and O–H groups in total. The summed E-state index contributed by atoms with van der Waals surface area (Å²) in [6.45, 7) is 0.420. The summed E-state index contributed by atoms with van der Waals surface area (Å²) in [5.41, 5.74) is 14.0. The molecule has 0 aromatic carbocycles. The average molecular weight is 176 g/mol. The van der Waals surface area contributed by atoms with Crippen LogP contribution in [0.5, 0.6) is 0 Å². The fraction of sp³-hybridized carbons (Fsp3) is 0.222. The second kappa shape index (κ2) is 3.16. The molecule has 68 valence electrons. The molecule has 0 saturated carbocycles. The fourth-order valence-corrected chi connectivity index (χ4v) is 1.28. The van der Waals surface area contributed by atoms with E-state index < -0.39 is 0 Å². The molecular formula is C9H12N4. The van der Waals surface area contributed by atoms with Gasteiger partial charge in [0.05, 0.1) is 22.8 Å². The molecule has 0 saturated heterocycles. The number of aromatic nitrogens is 2. The Bertz CT molecular complexity index is 407. The van der Waals surface area contributed by atoms with Crippen LogP contribution in [0.25, 0.3) is 11.0 Å². The predicted octanol–water partition coefficient (Wildman–Crippen LogP) is 0.521. The van der Waals surface area contributed by atoms with E-state index >= 15 is 0 Å². The zero-order valence-electron chi connectivity index (χ0n) is 7.20. The molecule has 13 heavy (non-hydrogen) atoms. The van der Waals surface area contributed by atoms with Gasteiger partial charge in [-0.15, -0.1) is 0 Å². The molecular weight excluding hydrogens is 164 g/mol. The van der Waals surface area contributed by atoms with E-state index in [4.69, 9.17) is 11.5 Å². The minimum Gasteiger partial charge on any atom is -0.360 e. The van der Waals surface area contributed by atoms with Gasteiger partial charge in [-0.3, -0.25) is 0 Å². The van der Waals surface area contributed by atoms with Crippen LogP contribution in [0.4, 0.5) is 0 Å². The molecule has 0 fully saturated rings. The third-order valence-corrected chi connectivity index (χ3v) is 2.06. The molecule has 4 heteroatoms. The molecule has 0 unspecified atom stereocenters. The van der Waals surface area contributed by atoms with E-state index in [1.807, 2.05) is 24.4 Å². The number of aromatic amines is 1. The number of hydrogen-bond donors (Lipinski definition) is 3. The van der Waals surface area contributed by atoms with Crippen LogP contribution in [-0.4, -0.2) is 16.5 Å². The number of hydrogen-bond acceptors (Lipinski definition) is 3. The normalized spacial score (nSPS) is 13.4. The summed E-state index contributed by atoms with van der Waals surface area (Å²) in [5.74, 6) is 0. The minimum absolute atomic E-state index is 0.167. The predicted molar refractivity (Wildman–Crippen MR) is 52.1 cm³/mol. The van der Waals surface area contributed by atoms with Gasteiger partial charge in [-0.05, 0) is 18.2 Å². The number of pyridine rings is 1. The molecule has 0 radical (unpaired) electrons. The van der Waals surface area contributed by atoms with Crippen LogP contribution < -0.4 is 11.5 Å². The Morgan fingerprint density at radius 2 is 2.23 bits per heavy atom. The maximum absolute atomic E-state index is 5.76. The van der Waals surface area contributed by atoms with E-state index in [2.05, 4.69) is 9.97 Å². The van der Waals surface area contributed by atoms with Gasteiger partial charge in [-0.25, -0.2) is 4.98 Å². The van der Waals surface area contributed by atoms with Gasteiger partial charge in [0.25, 0.3) is 0 Å². The van der Waals surface area contributed by atoms with Crippen molar-refractivity contribution in [3.8, 4) is 0 Å². The molecule has 0 aliphatic heterocycles. The first-order valence-corrected chi connectivity index (χ1v) is 4.21. The van der Waals surface area contributed by atoms with Crippen molar-refractivity contribution >= 4 is 11.0 Å². The van der Waals surface area contributed by atoms with Gasteiger partial charge in [0.1, 0.15) is 0 Å². The van der Waals surface area contributed by atoms with Crippen molar-refractivity contribution in [3.05, 3.63) is 30.1 Å². The molecule has 2 aromatic rings. The molecule has 2 rings (SSSR count). The second-order valence-corrected chi connectivity index (χ2v) is 2.99. The first kappa shape index (κ1) is 8.22. The Morgan fingerprint density at radius 3 is 3.00 bits per heavy atom. The molecule has 0 aliphatic rings. The van der Waals surface area contributed by atoms with Crippen LogP contribution in [0, 0.1) is 0 Å². The quantitative estimate of drug-likeness (QED) is 0.624. The summed E-state index contributed by atoms with van der Waals surface area (Å²) in [6.07, 6.45) is 1.86. The van der Waals surface area contributed by atoms with Crippen molar-refractivity contribution in [2.75, 3.05) is 6.54 Å². The van der Waals surface area contributed by atoms with Crippen LogP contribution in [-0.2, 0) is 0 Å². The number of rotatable bonds is 2. The lowest BCUT2D eigenvalue weighted by atomic mass is 10.2. The van der Waals surface area contributed by atoms with Gasteiger partial charge in [0.2, 0.25) is 0 Å². The zero-order valence-corrected chi connectivity index (χ0v) is 7.20. The standard InChI is InChI=1S/C9H12N4/c10-5-6(11)7-1-2-8-9(13-7)3-4-12-8/h1-4,6,12H,5,10-11H2/t6-/m0/s1. The van der Waals surface area contributed by atoms with Crippen molar-refractivity contribution in [2.45, 2.75) is 6.04 Å². The number of nitrogens with one attached hydrogen (secondary N) is 1. The van der Waals surface area contributed by atoms with Gasteiger partial charge in [-0.2, -0.15) is 0 Å². The summed E-state index contributed by atoms with van der Waals surface area (Å²) in [6, 6.07) is 5.62. The monoisotopic (exact) mass is 176 g/mol. The van der Waals surface area contributed by atoms with Crippen molar-refractivity contribution in [3.63, 3.8) is 0 Å². The van der Waals surface area contributed by atoms with E-state index in [-0.39, 0.29) is 6.04 Å². The van der Waals surface area contributed by atoms with Gasteiger partial charge in [0.15, 0.2) is 0 Å². The molecule has 1 atom stereocenters. The molecule has 2 aromatic heterocycles. The van der Waals surface area contributed by atoms with Crippen LogP contribution >= 0.6 is 0 Å².